The van der Waals surface area contributed by atoms with E-state index in [1.807, 2.05) is 0 Å². The standard InChI is InChI=1S/C21H29N3O5Si/c1-8-26-20(25)17-11-28-18(23-17)15-9-27-19(22-15)16-10-29-21(24-16)30(12(2)3,13(4)5)14(6)7/h9-14H,8H2,1-7H3. The van der Waals surface area contributed by atoms with Crippen molar-refractivity contribution in [1.29, 1.82) is 0 Å². The van der Waals surface area contributed by atoms with Crippen molar-refractivity contribution in [1.82, 2.24) is 15.0 Å². The molecule has 3 aromatic rings. The summed E-state index contributed by atoms with van der Waals surface area (Å²) in [5.41, 5.74) is 3.21. The molecule has 30 heavy (non-hydrogen) atoms. The normalized spacial score (nSPS) is 12.3. The summed E-state index contributed by atoms with van der Waals surface area (Å²) >= 11 is 0. The van der Waals surface area contributed by atoms with Crippen molar-refractivity contribution in [2.75, 3.05) is 6.61 Å². The molecule has 3 rings (SSSR count). The van der Waals surface area contributed by atoms with Crippen molar-refractivity contribution in [3.63, 3.8) is 0 Å². The van der Waals surface area contributed by atoms with Gasteiger partial charge in [-0.25, -0.2) is 19.7 Å². The zero-order chi connectivity index (χ0) is 22.1. The summed E-state index contributed by atoms with van der Waals surface area (Å²) in [6, 6.07) is 0. The van der Waals surface area contributed by atoms with Crippen LogP contribution in [0, 0.1) is 0 Å². The van der Waals surface area contributed by atoms with Gasteiger partial charge in [-0.2, -0.15) is 0 Å². The maximum absolute atomic E-state index is 11.8. The number of hydrogen-bond donors (Lipinski definition) is 0. The molecule has 8 nitrogen and oxygen atoms in total. The number of aromatic nitrogens is 3. The number of esters is 1. The molecule has 0 aliphatic carbocycles. The van der Waals surface area contributed by atoms with Gasteiger partial charge in [0, 0.05) is 0 Å². The second kappa shape index (κ2) is 8.59. The van der Waals surface area contributed by atoms with Gasteiger partial charge in [-0.15, -0.1) is 0 Å². The zero-order valence-electron chi connectivity index (χ0n) is 18.6. The number of carbonyl (C=O) groups is 1. The summed E-state index contributed by atoms with van der Waals surface area (Å²) in [6.45, 7) is 15.5. The number of oxazole rings is 3. The fourth-order valence-electron chi connectivity index (χ4n) is 4.49. The predicted octanol–water partition coefficient (Wildman–Crippen LogP) is 5.05. The number of hydrogen-bond acceptors (Lipinski definition) is 8. The van der Waals surface area contributed by atoms with Gasteiger partial charge in [0.25, 0.3) is 0 Å². The van der Waals surface area contributed by atoms with E-state index in [0.717, 1.165) is 5.51 Å². The average molecular weight is 432 g/mol. The topological polar surface area (TPSA) is 104 Å². The maximum Gasteiger partial charge on any atom is 0.360 e. The lowest BCUT2D eigenvalue weighted by Crippen LogP contribution is -2.56. The third kappa shape index (κ3) is 3.73. The smallest absolute Gasteiger partial charge is 0.360 e. The molecule has 0 amide bonds. The summed E-state index contributed by atoms with van der Waals surface area (Å²) in [4.78, 5) is 25.1. The molecular formula is C21H29N3O5Si. The fraction of sp³-hybridized carbons (Fsp3) is 0.524. The average Bonchev–Trinajstić information content (AvgIpc) is 3.41. The van der Waals surface area contributed by atoms with Gasteiger partial charge in [-0.1, -0.05) is 41.5 Å². The molecule has 0 saturated heterocycles. The molecule has 0 aliphatic heterocycles. The molecule has 0 aliphatic rings. The Kier molecular flexibility index (Phi) is 6.30. The third-order valence-electron chi connectivity index (χ3n) is 5.67. The molecule has 0 spiro atoms. The van der Waals surface area contributed by atoms with E-state index in [0.29, 0.717) is 33.9 Å². The molecule has 0 atom stereocenters. The Bertz CT molecular complexity index is 980. The van der Waals surface area contributed by atoms with Gasteiger partial charge in [-0.05, 0) is 23.5 Å². The summed E-state index contributed by atoms with van der Waals surface area (Å²) < 4.78 is 21.9. The number of carbonyl (C=O) groups excluding carboxylic acids is 1. The summed E-state index contributed by atoms with van der Waals surface area (Å²) in [6.07, 6.45) is 4.26. The van der Waals surface area contributed by atoms with Crippen LogP contribution in [0.1, 0.15) is 59.0 Å². The second-order valence-electron chi connectivity index (χ2n) is 8.23. The lowest BCUT2D eigenvalue weighted by molar-refractivity contribution is 0.0519. The Morgan fingerprint density at radius 1 is 0.867 bits per heavy atom. The lowest BCUT2D eigenvalue weighted by Gasteiger charge is -2.39. The van der Waals surface area contributed by atoms with E-state index >= 15 is 0 Å². The third-order valence-corrected chi connectivity index (χ3v) is 12.4. The fourth-order valence-corrected chi connectivity index (χ4v) is 10.6. The Balaban J connectivity index is 1.91. The molecule has 0 radical (unpaired) electrons. The lowest BCUT2D eigenvalue weighted by atomic mass is 10.4. The number of ether oxygens (including phenoxy) is 1. The van der Waals surface area contributed by atoms with E-state index < -0.39 is 14.0 Å². The van der Waals surface area contributed by atoms with Gasteiger partial charge in [0.15, 0.2) is 30.7 Å². The van der Waals surface area contributed by atoms with Crippen molar-refractivity contribution >= 4 is 19.6 Å². The first kappa shape index (κ1) is 22.0. The van der Waals surface area contributed by atoms with Crippen molar-refractivity contribution in [3.05, 3.63) is 24.5 Å². The molecule has 162 valence electrons. The van der Waals surface area contributed by atoms with Crippen LogP contribution >= 0.6 is 0 Å². The van der Waals surface area contributed by atoms with Crippen LogP contribution in [0.3, 0.4) is 0 Å². The molecular weight excluding hydrogens is 402 g/mol. The highest BCUT2D eigenvalue weighted by atomic mass is 28.3. The van der Waals surface area contributed by atoms with E-state index in [-0.39, 0.29) is 18.2 Å². The highest BCUT2D eigenvalue weighted by Gasteiger charge is 2.49. The Morgan fingerprint density at radius 2 is 1.40 bits per heavy atom. The van der Waals surface area contributed by atoms with Crippen molar-refractivity contribution in [3.8, 4) is 23.2 Å². The summed E-state index contributed by atoms with van der Waals surface area (Å²) in [5.74, 6) is -0.0585. The highest BCUT2D eigenvalue weighted by Crippen LogP contribution is 2.41. The van der Waals surface area contributed by atoms with Gasteiger partial charge in [0.1, 0.15) is 18.8 Å². The SMILES string of the molecule is CCOC(=O)c1coc(-c2coc(-c3coc([Si](C(C)C)(C(C)C)C(C)C)n3)n2)n1. The molecule has 0 saturated carbocycles. The Labute approximate surface area is 177 Å². The number of rotatable bonds is 8. The summed E-state index contributed by atoms with van der Waals surface area (Å²) in [5, 5.41) is 0. The number of nitrogens with zero attached hydrogens (tertiary/aromatic N) is 3. The van der Waals surface area contributed by atoms with Crippen LogP contribution in [-0.2, 0) is 4.74 Å². The Hall–Kier alpha value is -2.68. The van der Waals surface area contributed by atoms with Gasteiger partial charge in [0.05, 0.1) is 6.61 Å². The molecule has 0 fully saturated rings. The maximum atomic E-state index is 11.8. The quantitative estimate of drug-likeness (QED) is 0.360. The van der Waals surface area contributed by atoms with Crippen LogP contribution in [0.5, 0.6) is 0 Å². The first-order valence-electron chi connectivity index (χ1n) is 10.3. The molecule has 3 heterocycles. The van der Waals surface area contributed by atoms with Gasteiger partial charge in [-0.3, -0.25) is 0 Å². The summed E-state index contributed by atoms with van der Waals surface area (Å²) in [7, 11) is -2.02. The largest absolute Gasteiger partial charge is 0.461 e. The Morgan fingerprint density at radius 3 is 2.00 bits per heavy atom. The monoisotopic (exact) mass is 431 g/mol. The van der Waals surface area contributed by atoms with Crippen LogP contribution in [0.2, 0.25) is 16.6 Å². The van der Waals surface area contributed by atoms with Crippen LogP contribution in [-0.4, -0.2) is 35.6 Å². The van der Waals surface area contributed by atoms with Crippen LogP contribution in [0.25, 0.3) is 23.2 Å². The van der Waals surface area contributed by atoms with Crippen LogP contribution in [0.15, 0.2) is 32.0 Å². The van der Waals surface area contributed by atoms with E-state index in [2.05, 4.69) is 51.5 Å². The molecule has 9 heteroatoms. The molecule has 0 bridgehead atoms. The van der Waals surface area contributed by atoms with E-state index in [1.54, 1.807) is 13.2 Å². The predicted molar refractivity (Wildman–Crippen MR) is 114 cm³/mol. The minimum atomic E-state index is -2.02. The highest BCUT2D eigenvalue weighted by molar-refractivity contribution is 6.93. The van der Waals surface area contributed by atoms with Gasteiger partial charge < -0.3 is 18.0 Å². The molecule has 0 N–H and O–H groups in total. The minimum absolute atomic E-state index is 0.0849. The first-order valence-corrected chi connectivity index (χ1v) is 12.5. The molecule has 0 unspecified atom stereocenters. The molecule has 0 aromatic carbocycles. The van der Waals surface area contributed by atoms with E-state index in [4.69, 9.17) is 23.0 Å². The van der Waals surface area contributed by atoms with Crippen LogP contribution in [0.4, 0.5) is 0 Å². The van der Waals surface area contributed by atoms with Crippen molar-refractivity contribution in [2.24, 2.45) is 0 Å². The second-order valence-corrected chi connectivity index (χ2v) is 14.0. The zero-order valence-corrected chi connectivity index (χ0v) is 19.6. The van der Waals surface area contributed by atoms with E-state index in [1.165, 1.54) is 12.5 Å². The van der Waals surface area contributed by atoms with Crippen molar-refractivity contribution < 1.29 is 22.8 Å². The first-order chi connectivity index (χ1) is 14.2. The van der Waals surface area contributed by atoms with Gasteiger partial charge >= 0.3 is 5.97 Å². The van der Waals surface area contributed by atoms with E-state index in [9.17, 15) is 4.79 Å². The molecule has 3 aromatic heterocycles. The van der Waals surface area contributed by atoms with Gasteiger partial charge in [0.2, 0.25) is 11.8 Å². The van der Waals surface area contributed by atoms with Crippen molar-refractivity contribution in [2.45, 2.75) is 65.1 Å². The minimum Gasteiger partial charge on any atom is -0.461 e. The van der Waals surface area contributed by atoms with Crippen LogP contribution < -0.4 is 5.51 Å².